The van der Waals surface area contributed by atoms with Crippen LogP contribution in [0.5, 0.6) is 11.5 Å². The number of carboxylic acids is 1. The Morgan fingerprint density at radius 2 is 2.25 bits per heavy atom. The quantitative estimate of drug-likeness (QED) is 0.760. The maximum atomic E-state index is 12.1. The average Bonchev–Trinajstić information content (AvgIpc) is 3.26. The number of benzene rings is 1. The van der Waals surface area contributed by atoms with Gasteiger partial charge in [-0.2, -0.15) is 0 Å². The van der Waals surface area contributed by atoms with Crippen LogP contribution in [0.1, 0.15) is 5.56 Å². The number of nitrogens with one attached hydrogen (secondary N) is 1. The summed E-state index contributed by atoms with van der Waals surface area (Å²) >= 11 is 1.49. The van der Waals surface area contributed by atoms with E-state index in [1.807, 2.05) is 0 Å². The number of amides is 1. The van der Waals surface area contributed by atoms with Gasteiger partial charge in [-0.15, -0.1) is 11.8 Å². The van der Waals surface area contributed by atoms with Crippen molar-refractivity contribution in [3.05, 3.63) is 29.5 Å². The summed E-state index contributed by atoms with van der Waals surface area (Å²) in [6.45, 7) is 0.182. The van der Waals surface area contributed by atoms with Crippen LogP contribution in [0.15, 0.2) is 28.9 Å². The van der Waals surface area contributed by atoms with Gasteiger partial charge in [-0.1, -0.05) is 6.07 Å². The fraction of sp³-hybridized carbons (Fsp3) is 0.267. The van der Waals surface area contributed by atoms with E-state index in [2.05, 4.69) is 10.3 Å². The molecule has 0 spiro atoms. The molecule has 1 saturated heterocycles. The molecule has 1 aromatic carbocycles. The first kappa shape index (κ1) is 14.9. The standard InChI is InChI=1S/C15H13N3O5S/c19-13-9(3-8-1-2-11-12(4-8)23-7-22-11)16-15(17-13)18-6-24-5-10(18)14(20)21/h1-4,10H,5-7H2,(H,20,21)(H,16,17,19)/b9-3+. The molecule has 1 fully saturated rings. The maximum Gasteiger partial charge on any atom is 0.327 e. The molecule has 24 heavy (non-hydrogen) atoms. The van der Waals surface area contributed by atoms with Gasteiger partial charge in [0.2, 0.25) is 12.8 Å². The molecule has 3 aliphatic rings. The average molecular weight is 347 g/mol. The Kier molecular flexibility index (Phi) is 3.57. The number of guanidine groups is 1. The zero-order chi connectivity index (χ0) is 16.7. The number of aliphatic carboxylic acids is 1. The molecule has 1 atom stereocenters. The van der Waals surface area contributed by atoms with Crippen LogP contribution in [0.2, 0.25) is 0 Å². The third-order valence-corrected chi connectivity index (χ3v) is 4.84. The first-order valence-corrected chi connectivity index (χ1v) is 8.36. The SMILES string of the molecule is O=C1NC(N2CSCC2C(=O)O)=N/C1=C/c1ccc2c(c1)OCO2. The van der Waals surface area contributed by atoms with Crippen molar-refractivity contribution in [1.82, 2.24) is 10.2 Å². The van der Waals surface area contributed by atoms with Crippen molar-refractivity contribution < 1.29 is 24.2 Å². The number of aliphatic imine (C=N–C) groups is 1. The van der Waals surface area contributed by atoms with Gasteiger partial charge < -0.3 is 19.5 Å². The minimum Gasteiger partial charge on any atom is -0.480 e. The smallest absolute Gasteiger partial charge is 0.327 e. The topological polar surface area (TPSA) is 100 Å². The Hall–Kier alpha value is -2.68. The van der Waals surface area contributed by atoms with Crippen molar-refractivity contribution in [2.75, 3.05) is 18.4 Å². The molecule has 1 amide bonds. The van der Waals surface area contributed by atoms with Gasteiger partial charge in [0, 0.05) is 5.75 Å². The van der Waals surface area contributed by atoms with Crippen molar-refractivity contribution in [1.29, 1.82) is 0 Å². The highest BCUT2D eigenvalue weighted by Crippen LogP contribution is 2.33. The molecule has 3 aliphatic heterocycles. The van der Waals surface area contributed by atoms with Crippen LogP contribution >= 0.6 is 11.8 Å². The molecule has 1 unspecified atom stereocenters. The first-order valence-electron chi connectivity index (χ1n) is 7.20. The van der Waals surface area contributed by atoms with Crippen LogP contribution in [-0.2, 0) is 9.59 Å². The Morgan fingerprint density at radius 3 is 3.08 bits per heavy atom. The molecule has 8 nitrogen and oxygen atoms in total. The van der Waals surface area contributed by atoms with Crippen LogP contribution < -0.4 is 14.8 Å². The van der Waals surface area contributed by atoms with Gasteiger partial charge in [0.25, 0.3) is 5.91 Å². The lowest BCUT2D eigenvalue weighted by Gasteiger charge is -2.21. The highest BCUT2D eigenvalue weighted by atomic mass is 32.2. The van der Waals surface area contributed by atoms with E-state index in [1.54, 1.807) is 29.2 Å². The molecule has 0 aliphatic carbocycles. The Morgan fingerprint density at radius 1 is 1.42 bits per heavy atom. The van der Waals surface area contributed by atoms with Crippen LogP contribution in [0.3, 0.4) is 0 Å². The van der Waals surface area contributed by atoms with Crippen LogP contribution in [-0.4, -0.2) is 52.3 Å². The Balaban J connectivity index is 1.60. The van der Waals surface area contributed by atoms with Crippen LogP contribution in [0.25, 0.3) is 6.08 Å². The van der Waals surface area contributed by atoms with Gasteiger partial charge in [0.1, 0.15) is 11.7 Å². The number of rotatable bonds is 2. The fourth-order valence-electron chi connectivity index (χ4n) is 2.61. The normalized spacial score (nSPS) is 23.6. The second-order valence-corrected chi connectivity index (χ2v) is 6.36. The summed E-state index contributed by atoms with van der Waals surface area (Å²) in [4.78, 5) is 29.2. The molecule has 0 aromatic heterocycles. The number of carboxylic acid groups (broad SMARTS) is 1. The predicted molar refractivity (Wildman–Crippen MR) is 86.7 cm³/mol. The summed E-state index contributed by atoms with van der Waals surface area (Å²) in [7, 11) is 0. The van der Waals surface area contributed by atoms with Gasteiger partial charge in [0.15, 0.2) is 11.5 Å². The van der Waals surface area contributed by atoms with E-state index in [9.17, 15) is 14.7 Å². The predicted octanol–water partition coefficient (Wildman–Crippen LogP) is 0.701. The van der Waals surface area contributed by atoms with Gasteiger partial charge in [0.05, 0.1) is 5.88 Å². The molecular weight excluding hydrogens is 334 g/mol. The van der Waals surface area contributed by atoms with Gasteiger partial charge in [-0.3, -0.25) is 10.1 Å². The molecule has 0 radical (unpaired) electrons. The number of carbonyl (C=O) groups excluding carboxylic acids is 1. The van der Waals surface area contributed by atoms with Crippen molar-refractivity contribution in [3.8, 4) is 11.5 Å². The molecule has 2 N–H and O–H groups in total. The van der Waals surface area contributed by atoms with Gasteiger partial charge >= 0.3 is 5.97 Å². The van der Waals surface area contributed by atoms with E-state index >= 15 is 0 Å². The highest BCUT2D eigenvalue weighted by Gasteiger charge is 2.36. The van der Waals surface area contributed by atoms with E-state index in [0.29, 0.717) is 23.1 Å². The first-order chi connectivity index (χ1) is 11.6. The summed E-state index contributed by atoms with van der Waals surface area (Å²) in [6, 6.07) is 4.65. The highest BCUT2D eigenvalue weighted by molar-refractivity contribution is 7.99. The number of ether oxygens (including phenoxy) is 2. The molecule has 4 rings (SSSR count). The summed E-state index contributed by atoms with van der Waals surface area (Å²) in [6.07, 6.45) is 1.63. The van der Waals surface area contributed by atoms with E-state index in [4.69, 9.17) is 9.47 Å². The minimum absolute atomic E-state index is 0.182. The lowest BCUT2D eigenvalue weighted by Crippen LogP contribution is -2.47. The monoisotopic (exact) mass is 347 g/mol. The van der Waals surface area contributed by atoms with E-state index in [1.165, 1.54) is 11.8 Å². The molecule has 0 saturated carbocycles. The molecule has 0 bridgehead atoms. The van der Waals surface area contributed by atoms with E-state index in [-0.39, 0.29) is 24.4 Å². The van der Waals surface area contributed by atoms with Crippen LogP contribution in [0, 0.1) is 0 Å². The number of fused-ring (bicyclic) bond motifs is 1. The van der Waals surface area contributed by atoms with Gasteiger partial charge in [-0.05, 0) is 23.8 Å². The zero-order valence-corrected chi connectivity index (χ0v) is 13.2. The number of carbonyl (C=O) groups is 2. The van der Waals surface area contributed by atoms with Crippen molar-refractivity contribution in [2.45, 2.75) is 6.04 Å². The second kappa shape index (κ2) is 5.75. The number of hydrogen-bond acceptors (Lipinski definition) is 7. The maximum absolute atomic E-state index is 12.1. The lowest BCUT2D eigenvalue weighted by molar-refractivity contribution is -0.140. The lowest BCUT2D eigenvalue weighted by atomic mass is 10.1. The zero-order valence-electron chi connectivity index (χ0n) is 12.4. The largest absolute Gasteiger partial charge is 0.480 e. The molecular formula is C15H13N3O5S. The van der Waals surface area contributed by atoms with Crippen molar-refractivity contribution >= 4 is 35.7 Å². The summed E-state index contributed by atoms with van der Waals surface area (Å²) < 4.78 is 10.6. The van der Waals surface area contributed by atoms with E-state index in [0.717, 1.165) is 5.56 Å². The van der Waals surface area contributed by atoms with E-state index < -0.39 is 12.0 Å². The molecule has 3 heterocycles. The number of nitrogens with zero attached hydrogens (tertiary/aromatic N) is 2. The third-order valence-electron chi connectivity index (χ3n) is 3.82. The summed E-state index contributed by atoms with van der Waals surface area (Å²) in [5.74, 6) is 1.22. The minimum atomic E-state index is -0.926. The molecule has 1 aromatic rings. The number of thioether (sulfide) groups is 1. The Labute approximate surface area is 141 Å². The number of hydrogen-bond donors (Lipinski definition) is 2. The fourth-order valence-corrected chi connectivity index (χ4v) is 3.76. The van der Waals surface area contributed by atoms with Crippen LogP contribution in [0.4, 0.5) is 0 Å². The Bertz CT molecular complexity index is 791. The second-order valence-electron chi connectivity index (χ2n) is 5.36. The van der Waals surface area contributed by atoms with Gasteiger partial charge in [-0.25, -0.2) is 9.79 Å². The van der Waals surface area contributed by atoms with Crippen molar-refractivity contribution in [3.63, 3.8) is 0 Å². The third kappa shape index (κ3) is 2.56. The van der Waals surface area contributed by atoms with Crippen molar-refractivity contribution in [2.24, 2.45) is 4.99 Å². The summed E-state index contributed by atoms with van der Waals surface area (Å²) in [5, 5.41) is 11.9. The molecule has 9 heteroatoms. The summed E-state index contributed by atoms with van der Waals surface area (Å²) in [5.41, 5.74) is 0.977. The molecule has 124 valence electrons.